The van der Waals surface area contributed by atoms with Gasteiger partial charge in [0.05, 0.1) is 31.0 Å². The van der Waals surface area contributed by atoms with E-state index in [9.17, 15) is 24.5 Å². The molecule has 9 heteroatoms. The molecule has 1 amide bonds. The molecule has 0 aliphatic rings. The molecule has 1 rings (SSSR count). The quantitative estimate of drug-likeness (QED) is 0.475. The molecule has 0 saturated heterocycles. The number of nitro groups is 1. The highest BCUT2D eigenvalue weighted by Gasteiger charge is 2.19. The van der Waals surface area contributed by atoms with Crippen LogP contribution in [0.5, 0.6) is 0 Å². The number of anilines is 1. The monoisotopic (exact) mass is 296 g/mol. The van der Waals surface area contributed by atoms with E-state index in [-0.39, 0.29) is 16.8 Å². The highest BCUT2D eigenvalue weighted by Crippen LogP contribution is 2.19. The lowest BCUT2D eigenvalue weighted by Crippen LogP contribution is -2.23. The van der Waals surface area contributed by atoms with Crippen molar-refractivity contribution in [3.8, 4) is 0 Å². The zero-order chi connectivity index (χ0) is 16.0. The second-order valence-corrected chi connectivity index (χ2v) is 3.78. The van der Waals surface area contributed by atoms with E-state index in [0.717, 1.165) is 7.11 Å². The smallest absolute Gasteiger partial charge is 0.339 e. The zero-order valence-electron chi connectivity index (χ0n) is 11.2. The summed E-state index contributed by atoms with van der Waals surface area (Å²) in [5.41, 5.74) is -0.0417. The van der Waals surface area contributed by atoms with Crippen LogP contribution in [0, 0.1) is 10.1 Å². The first kappa shape index (κ1) is 16.1. The fourth-order valence-corrected chi connectivity index (χ4v) is 1.49. The SMILES string of the molecule is COC(=O)c1ccc(C(=O)OC)c(NC(=O)C[N+](=O)[O-])c1. The number of carbonyl (C=O) groups excluding carboxylic acids is 3. The fourth-order valence-electron chi connectivity index (χ4n) is 1.49. The van der Waals surface area contributed by atoms with E-state index >= 15 is 0 Å². The van der Waals surface area contributed by atoms with E-state index in [4.69, 9.17) is 0 Å². The third-order valence-corrected chi connectivity index (χ3v) is 2.39. The van der Waals surface area contributed by atoms with E-state index in [1.54, 1.807) is 0 Å². The van der Waals surface area contributed by atoms with Crippen LogP contribution >= 0.6 is 0 Å². The van der Waals surface area contributed by atoms with Gasteiger partial charge in [0, 0.05) is 4.92 Å². The number of amides is 1. The summed E-state index contributed by atoms with van der Waals surface area (Å²) in [7, 11) is 2.31. The minimum atomic E-state index is -0.969. The van der Waals surface area contributed by atoms with Crippen molar-refractivity contribution < 1.29 is 28.8 Å². The first-order valence-electron chi connectivity index (χ1n) is 5.61. The lowest BCUT2D eigenvalue weighted by Gasteiger charge is -2.10. The van der Waals surface area contributed by atoms with Gasteiger partial charge < -0.3 is 14.8 Å². The van der Waals surface area contributed by atoms with Crippen LogP contribution in [0.15, 0.2) is 18.2 Å². The van der Waals surface area contributed by atoms with Crippen molar-refractivity contribution in [1.29, 1.82) is 0 Å². The number of hydrogen-bond donors (Lipinski definition) is 1. The number of esters is 2. The van der Waals surface area contributed by atoms with Gasteiger partial charge in [0.25, 0.3) is 12.5 Å². The second kappa shape index (κ2) is 6.98. The number of methoxy groups -OCH3 is 2. The van der Waals surface area contributed by atoms with Crippen LogP contribution in [-0.2, 0) is 14.3 Å². The topological polar surface area (TPSA) is 125 Å². The highest BCUT2D eigenvalue weighted by atomic mass is 16.6. The van der Waals surface area contributed by atoms with Gasteiger partial charge in [-0.1, -0.05) is 0 Å². The van der Waals surface area contributed by atoms with Crippen molar-refractivity contribution >= 4 is 23.5 Å². The van der Waals surface area contributed by atoms with Gasteiger partial charge in [-0.25, -0.2) is 9.59 Å². The molecule has 21 heavy (non-hydrogen) atoms. The van der Waals surface area contributed by atoms with Gasteiger partial charge >= 0.3 is 11.9 Å². The number of benzene rings is 1. The molecule has 0 aromatic heterocycles. The Hall–Kier alpha value is -2.97. The van der Waals surface area contributed by atoms with Crippen molar-refractivity contribution in [3.63, 3.8) is 0 Å². The molecule has 0 atom stereocenters. The number of carbonyl (C=O) groups is 3. The van der Waals surface area contributed by atoms with E-state index in [1.165, 1.54) is 25.3 Å². The van der Waals surface area contributed by atoms with Crippen LogP contribution in [-0.4, -0.2) is 43.5 Å². The molecule has 0 aliphatic carbocycles. The minimum Gasteiger partial charge on any atom is -0.465 e. The van der Waals surface area contributed by atoms with E-state index in [1.807, 2.05) is 0 Å². The van der Waals surface area contributed by atoms with Gasteiger partial charge in [-0.3, -0.25) is 14.9 Å². The molecule has 0 saturated carbocycles. The molecule has 0 radical (unpaired) electrons. The maximum atomic E-state index is 11.6. The Morgan fingerprint density at radius 3 is 2.33 bits per heavy atom. The van der Waals surface area contributed by atoms with Crippen molar-refractivity contribution in [1.82, 2.24) is 0 Å². The fraction of sp³-hybridized carbons (Fsp3) is 0.250. The van der Waals surface area contributed by atoms with E-state index in [2.05, 4.69) is 14.8 Å². The zero-order valence-corrected chi connectivity index (χ0v) is 11.2. The molecule has 1 aromatic rings. The third-order valence-electron chi connectivity index (χ3n) is 2.39. The average molecular weight is 296 g/mol. The van der Waals surface area contributed by atoms with Gasteiger partial charge in [-0.05, 0) is 18.2 Å². The summed E-state index contributed by atoms with van der Waals surface area (Å²) in [6.45, 7) is -0.969. The molecular weight excluding hydrogens is 284 g/mol. The normalized spacial score (nSPS) is 9.62. The van der Waals surface area contributed by atoms with Crippen molar-refractivity contribution in [2.24, 2.45) is 0 Å². The minimum absolute atomic E-state index is 0.0400. The molecule has 9 nitrogen and oxygen atoms in total. The summed E-state index contributed by atoms with van der Waals surface area (Å²) >= 11 is 0. The van der Waals surface area contributed by atoms with Gasteiger partial charge in [0.1, 0.15) is 0 Å². The largest absolute Gasteiger partial charge is 0.465 e. The Bertz CT molecular complexity index is 597. The second-order valence-electron chi connectivity index (χ2n) is 3.78. The summed E-state index contributed by atoms with van der Waals surface area (Å²) in [5, 5.41) is 12.5. The molecular formula is C12H12N2O7. The van der Waals surface area contributed by atoms with Crippen LogP contribution in [0.2, 0.25) is 0 Å². The summed E-state index contributed by atoms with van der Waals surface area (Å²) in [6, 6.07) is 3.73. The van der Waals surface area contributed by atoms with Gasteiger partial charge in [0.2, 0.25) is 0 Å². The highest BCUT2D eigenvalue weighted by molar-refractivity contribution is 6.03. The van der Waals surface area contributed by atoms with E-state index in [0.29, 0.717) is 0 Å². The van der Waals surface area contributed by atoms with Crippen molar-refractivity contribution in [2.45, 2.75) is 0 Å². The molecule has 1 aromatic carbocycles. The molecule has 0 fully saturated rings. The van der Waals surface area contributed by atoms with Crippen LogP contribution < -0.4 is 5.32 Å². The average Bonchev–Trinajstić information content (AvgIpc) is 2.44. The molecule has 0 bridgehead atoms. The standard InChI is InChI=1S/C12H12N2O7/c1-20-11(16)7-3-4-8(12(17)21-2)9(5-7)13-10(15)6-14(18)19/h3-5H,6H2,1-2H3,(H,13,15). The van der Waals surface area contributed by atoms with E-state index < -0.39 is 29.3 Å². The van der Waals surface area contributed by atoms with Gasteiger partial charge in [0.15, 0.2) is 0 Å². The number of ether oxygens (including phenoxy) is 2. The van der Waals surface area contributed by atoms with Crippen LogP contribution in [0.25, 0.3) is 0 Å². The molecule has 0 heterocycles. The molecule has 0 spiro atoms. The summed E-state index contributed by atoms with van der Waals surface area (Å²) in [6.07, 6.45) is 0. The van der Waals surface area contributed by atoms with Crippen LogP contribution in [0.1, 0.15) is 20.7 Å². The number of nitrogens with one attached hydrogen (secondary N) is 1. The number of rotatable bonds is 5. The van der Waals surface area contributed by atoms with Crippen molar-refractivity contribution in [3.05, 3.63) is 39.4 Å². The Morgan fingerprint density at radius 2 is 1.81 bits per heavy atom. The Balaban J connectivity index is 3.16. The van der Waals surface area contributed by atoms with Gasteiger partial charge in [-0.15, -0.1) is 0 Å². The Morgan fingerprint density at radius 1 is 1.19 bits per heavy atom. The van der Waals surface area contributed by atoms with Crippen LogP contribution in [0.4, 0.5) is 5.69 Å². The molecule has 0 unspecified atom stereocenters. The maximum absolute atomic E-state index is 11.6. The number of nitrogens with zero attached hydrogens (tertiary/aromatic N) is 1. The first-order chi connectivity index (χ1) is 9.88. The molecule has 1 N–H and O–H groups in total. The van der Waals surface area contributed by atoms with Gasteiger partial charge in [-0.2, -0.15) is 0 Å². The first-order valence-corrected chi connectivity index (χ1v) is 5.61. The third kappa shape index (κ3) is 4.27. The van der Waals surface area contributed by atoms with Crippen molar-refractivity contribution in [2.75, 3.05) is 26.1 Å². The lowest BCUT2D eigenvalue weighted by atomic mass is 10.1. The Kier molecular flexibility index (Phi) is 5.35. The lowest BCUT2D eigenvalue weighted by molar-refractivity contribution is -0.467. The summed E-state index contributed by atoms with van der Waals surface area (Å²) < 4.78 is 9.04. The predicted molar refractivity (Wildman–Crippen MR) is 69.6 cm³/mol. The number of hydrogen-bond acceptors (Lipinski definition) is 7. The predicted octanol–water partition coefficient (Wildman–Crippen LogP) is 0.475. The summed E-state index contributed by atoms with van der Waals surface area (Å²) in [4.78, 5) is 43.9. The summed E-state index contributed by atoms with van der Waals surface area (Å²) in [5.74, 6) is -2.38. The Labute approximate surface area is 119 Å². The van der Waals surface area contributed by atoms with Crippen LogP contribution in [0.3, 0.4) is 0 Å². The maximum Gasteiger partial charge on any atom is 0.339 e. The molecule has 0 aliphatic heterocycles. The molecule has 112 valence electrons.